The van der Waals surface area contributed by atoms with Gasteiger partial charge in [0.1, 0.15) is 6.61 Å². The van der Waals surface area contributed by atoms with Crippen LogP contribution in [0.15, 0.2) is 51.8 Å². The topological polar surface area (TPSA) is 46.6 Å². The molecule has 1 heterocycles. The fourth-order valence-corrected chi connectivity index (χ4v) is 4.35. The van der Waals surface area contributed by atoms with E-state index in [4.69, 9.17) is 16.3 Å². The summed E-state index contributed by atoms with van der Waals surface area (Å²) in [4.78, 5) is 25.6. The molecule has 1 aliphatic heterocycles. The van der Waals surface area contributed by atoms with E-state index < -0.39 is 0 Å². The Hall–Kier alpha value is -1.76. The molecule has 134 valence electrons. The molecule has 1 fully saturated rings. The van der Waals surface area contributed by atoms with Crippen molar-refractivity contribution < 1.29 is 14.3 Å². The third kappa shape index (κ3) is 4.14. The number of likely N-dealkylation sites (N-methyl/N-ethyl adjacent to an activating group) is 1. The first-order valence-corrected chi connectivity index (χ1v) is 9.89. The lowest BCUT2D eigenvalue weighted by atomic mass is 10.2. The zero-order chi connectivity index (χ0) is 18.7. The van der Waals surface area contributed by atoms with Crippen LogP contribution in [0.1, 0.15) is 18.1 Å². The molecule has 2 amide bonds. The maximum Gasteiger partial charge on any atom is 0.293 e. The molecule has 1 saturated heterocycles. The van der Waals surface area contributed by atoms with Gasteiger partial charge in [0.05, 0.1) is 14.4 Å². The molecule has 2 aromatic rings. The van der Waals surface area contributed by atoms with Gasteiger partial charge in [-0.1, -0.05) is 41.9 Å². The molecule has 0 aromatic heterocycles. The lowest BCUT2D eigenvalue weighted by Gasteiger charge is -2.11. The quantitative estimate of drug-likeness (QED) is 0.543. The van der Waals surface area contributed by atoms with Crippen LogP contribution in [0, 0.1) is 0 Å². The second-order valence-electron chi connectivity index (χ2n) is 5.51. The smallest absolute Gasteiger partial charge is 0.293 e. The highest BCUT2D eigenvalue weighted by Gasteiger charge is 2.33. The molecule has 0 unspecified atom stereocenters. The lowest BCUT2D eigenvalue weighted by molar-refractivity contribution is -0.122. The highest BCUT2D eigenvalue weighted by atomic mass is 79.9. The monoisotopic (exact) mass is 451 g/mol. The number of ether oxygens (including phenoxy) is 1. The van der Waals surface area contributed by atoms with Crippen LogP contribution in [-0.4, -0.2) is 22.6 Å². The van der Waals surface area contributed by atoms with Gasteiger partial charge in [-0.15, -0.1) is 0 Å². The Morgan fingerprint density at radius 1 is 1.23 bits per heavy atom. The van der Waals surface area contributed by atoms with Crippen LogP contribution in [0.25, 0.3) is 6.08 Å². The minimum Gasteiger partial charge on any atom is -0.486 e. The third-order valence-electron chi connectivity index (χ3n) is 3.73. The fourth-order valence-electron chi connectivity index (χ4n) is 2.45. The largest absolute Gasteiger partial charge is 0.486 e. The first kappa shape index (κ1) is 19.0. The highest BCUT2D eigenvalue weighted by Crippen LogP contribution is 2.37. The Morgan fingerprint density at radius 3 is 2.58 bits per heavy atom. The van der Waals surface area contributed by atoms with Gasteiger partial charge in [0.15, 0.2) is 5.75 Å². The molecule has 0 bridgehead atoms. The van der Waals surface area contributed by atoms with Crippen molar-refractivity contribution in [1.82, 2.24) is 4.90 Å². The minimum absolute atomic E-state index is 0.253. The number of thioether (sulfide) groups is 1. The van der Waals surface area contributed by atoms with E-state index in [1.807, 2.05) is 36.4 Å². The maximum atomic E-state index is 12.2. The van der Waals surface area contributed by atoms with Gasteiger partial charge in [0, 0.05) is 6.54 Å². The number of nitrogens with zero attached hydrogens (tertiary/aromatic N) is 1. The number of hydrogen-bond acceptors (Lipinski definition) is 4. The highest BCUT2D eigenvalue weighted by molar-refractivity contribution is 9.10. The summed E-state index contributed by atoms with van der Waals surface area (Å²) in [6.07, 6.45) is 1.66. The number of halogens is 2. The zero-order valence-electron chi connectivity index (χ0n) is 13.9. The van der Waals surface area contributed by atoms with Crippen LogP contribution in [0.2, 0.25) is 5.02 Å². The van der Waals surface area contributed by atoms with Crippen molar-refractivity contribution in [3.8, 4) is 5.75 Å². The molecule has 0 spiro atoms. The summed E-state index contributed by atoms with van der Waals surface area (Å²) in [6.45, 7) is 2.53. The summed E-state index contributed by atoms with van der Waals surface area (Å²) >= 11 is 10.8. The van der Waals surface area contributed by atoms with Gasteiger partial charge >= 0.3 is 0 Å². The van der Waals surface area contributed by atoms with Crippen LogP contribution < -0.4 is 4.74 Å². The van der Waals surface area contributed by atoms with Gasteiger partial charge in [-0.05, 0) is 64.0 Å². The van der Waals surface area contributed by atoms with E-state index in [9.17, 15) is 9.59 Å². The molecule has 0 saturated carbocycles. The molecule has 4 nitrogen and oxygen atoms in total. The van der Waals surface area contributed by atoms with Crippen LogP contribution in [0.3, 0.4) is 0 Å². The normalized spacial score (nSPS) is 15.8. The predicted octanol–water partition coefficient (Wildman–Crippen LogP) is 5.74. The second-order valence-corrected chi connectivity index (χ2v) is 7.77. The average molecular weight is 453 g/mol. The molecular formula is C19H15BrClNO3S. The lowest BCUT2D eigenvalue weighted by Crippen LogP contribution is -2.27. The van der Waals surface area contributed by atoms with E-state index in [2.05, 4.69) is 15.9 Å². The summed E-state index contributed by atoms with van der Waals surface area (Å²) < 4.78 is 6.50. The van der Waals surface area contributed by atoms with Gasteiger partial charge in [0.2, 0.25) is 0 Å². The Morgan fingerprint density at radius 2 is 1.96 bits per heavy atom. The molecule has 26 heavy (non-hydrogen) atoms. The summed E-state index contributed by atoms with van der Waals surface area (Å²) in [7, 11) is 0. The Bertz CT molecular complexity index is 863. The van der Waals surface area contributed by atoms with Crippen molar-refractivity contribution in [2.24, 2.45) is 0 Å². The minimum atomic E-state index is -0.279. The molecule has 2 aromatic carbocycles. The van der Waals surface area contributed by atoms with E-state index in [1.165, 1.54) is 4.90 Å². The third-order valence-corrected chi connectivity index (χ3v) is 5.51. The van der Waals surface area contributed by atoms with Crippen molar-refractivity contribution in [3.05, 3.63) is 68.0 Å². The second kappa shape index (κ2) is 8.29. The number of rotatable bonds is 5. The summed E-state index contributed by atoms with van der Waals surface area (Å²) in [5.74, 6) is 0.258. The molecule has 0 N–H and O–H groups in total. The van der Waals surface area contributed by atoms with E-state index in [0.29, 0.717) is 33.3 Å². The van der Waals surface area contributed by atoms with Gasteiger partial charge in [-0.3, -0.25) is 14.5 Å². The van der Waals surface area contributed by atoms with Crippen molar-refractivity contribution in [2.45, 2.75) is 13.5 Å². The first-order valence-electron chi connectivity index (χ1n) is 7.90. The predicted molar refractivity (Wildman–Crippen MR) is 108 cm³/mol. The molecule has 0 aliphatic carbocycles. The number of amides is 2. The molecule has 1 aliphatic rings. The van der Waals surface area contributed by atoms with E-state index >= 15 is 0 Å². The van der Waals surface area contributed by atoms with Crippen molar-refractivity contribution in [3.63, 3.8) is 0 Å². The van der Waals surface area contributed by atoms with Crippen LogP contribution >= 0.6 is 39.3 Å². The molecule has 0 atom stereocenters. The van der Waals surface area contributed by atoms with Crippen LogP contribution in [-0.2, 0) is 11.4 Å². The van der Waals surface area contributed by atoms with E-state index in [1.54, 1.807) is 19.1 Å². The van der Waals surface area contributed by atoms with Crippen LogP contribution in [0.4, 0.5) is 4.79 Å². The van der Waals surface area contributed by atoms with Crippen molar-refractivity contribution in [1.29, 1.82) is 0 Å². The first-order chi connectivity index (χ1) is 12.5. The maximum absolute atomic E-state index is 12.2. The van der Waals surface area contributed by atoms with Crippen LogP contribution in [0.5, 0.6) is 5.75 Å². The van der Waals surface area contributed by atoms with Gasteiger partial charge in [-0.2, -0.15) is 0 Å². The van der Waals surface area contributed by atoms with E-state index in [0.717, 1.165) is 22.9 Å². The fraction of sp³-hybridized carbons (Fsp3) is 0.158. The molecule has 7 heteroatoms. The Balaban J connectivity index is 1.80. The zero-order valence-corrected chi connectivity index (χ0v) is 17.0. The standard InChI is InChI=1S/C19H15BrClNO3S/c1-2-22-18(23)16(26-19(22)24)10-13-8-14(20)17(15(21)9-13)25-11-12-6-4-3-5-7-12/h3-10H,2,11H2,1H3/b16-10+. The average Bonchev–Trinajstić information content (AvgIpc) is 2.88. The summed E-state index contributed by atoms with van der Waals surface area (Å²) in [6, 6.07) is 13.3. The molecule has 3 rings (SSSR count). The van der Waals surface area contributed by atoms with Gasteiger partial charge < -0.3 is 4.74 Å². The van der Waals surface area contributed by atoms with E-state index in [-0.39, 0.29) is 11.1 Å². The SMILES string of the molecule is CCN1C(=O)S/C(=C/c2cc(Cl)c(OCc3ccccc3)c(Br)c2)C1=O. The number of imide groups is 1. The number of benzene rings is 2. The number of hydrogen-bond donors (Lipinski definition) is 0. The summed E-state index contributed by atoms with van der Waals surface area (Å²) in [5, 5.41) is 0.174. The molecule has 0 radical (unpaired) electrons. The number of carbonyl (C=O) groups is 2. The van der Waals surface area contributed by atoms with Gasteiger partial charge in [-0.25, -0.2) is 0 Å². The van der Waals surface area contributed by atoms with Crippen molar-refractivity contribution >= 4 is 56.5 Å². The van der Waals surface area contributed by atoms with Crippen molar-refractivity contribution in [2.75, 3.05) is 6.54 Å². The Labute approximate surface area is 169 Å². The van der Waals surface area contributed by atoms with Gasteiger partial charge in [0.25, 0.3) is 11.1 Å². The number of carbonyl (C=O) groups excluding carboxylic acids is 2. The molecular weight excluding hydrogens is 438 g/mol. The summed E-state index contributed by atoms with van der Waals surface area (Å²) in [5.41, 5.74) is 1.75. The Kier molecular flexibility index (Phi) is 6.06.